The van der Waals surface area contributed by atoms with Crippen LogP contribution in [0, 0.1) is 20.8 Å². The Morgan fingerprint density at radius 3 is 2.39 bits per heavy atom. The number of carbonyl (C=O) groups excluding carboxylic acids is 1. The lowest BCUT2D eigenvalue weighted by Gasteiger charge is -2.23. The highest BCUT2D eigenvalue weighted by Crippen LogP contribution is 2.37. The van der Waals surface area contributed by atoms with Crippen molar-refractivity contribution < 1.29 is 13.2 Å². The molecule has 0 radical (unpaired) electrons. The van der Waals surface area contributed by atoms with Gasteiger partial charge in [-0.2, -0.15) is 0 Å². The van der Waals surface area contributed by atoms with Gasteiger partial charge in [-0.3, -0.25) is 4.90 Å². The lowest BCUT2D eigenvalue weighted by atomic mass is 10.0. The van der Waals surface area contributed by atoms with E-state index in [-0.39, 0.29) is 29.6 Å². The summed E-state index contributed by atoms with van der Waals surface area (Å²) in [5.74, 6) is -0.0113. The van der Waals surface area contributed by atoms with Crippen LogP contribution >= 0.6 is 11.6 Å². The molecule has 0 aromatic heterocycles. The van der Waals surface area contributed by atoms with Crippen molar-refractivity contribution in [1.82, 2.24) is 4.90 Å². The zero-order valence-electron chi connectivity index (χ0n) is 16.1. The first-order valence-corrected chi connectivity index (χ1v) is 11.5. The van der Waals surface area contributed by atoms with Crippen molar-refractivity contribution in [2.24, 2.45) is 0 Å². The smallest absolute Gasteiger partial charge is 0.314 e. The number of anilines is 1. The van der Waals surface area contributed by atoms with Crippen molar-refractivity contribution in [1.29, 1.82) is 0 Å². The van der Waals surface area contributed by atoms with Crippen molar-refractivity contribution in [3.8, 4) is 0 Å². The molecule has 2 atom stereocenters. The molecule has 2 amide bonds. The summed E-state index contributed by atoms with van der Waals surface area (Å²) in [5.41, 5.74) is 4.81. The van der Waals surface area contributed by atoms with Gasteiger partial charge in [-0.1, -0.05) is 41.4 Å². The molecular formula is C21H23ClN2O3S. The van der Waals surface area contributed by atoms with Crippen LogP contribution in [0.1, 0.15) is 22.3 Å². The SMILES string of the molecule is Cc1ccc(C)c(CN2C(=O)N(c3ccc(C)c(Cl)c3)[C@@H]3CS(=O)(=O)C[C@H]32)c1. The molecule has 0 bridgehead atoms. The Kier molecular flexibility index (Phi) is 4.67. The van der Waals surface area contributed by atoms with Gasteiger partial charge in [0.2, 0.25) is 0 Å². The first-order valence-electron chi connectivity index (χ1n) is 9.29. The van der Waals surface area contributed by atoms with Gasteiger partial charge in [0.25, 0.3) is 0 Å². The van der Waals surface area contributed by atoms with E-state index in [1.807, 2.05) is 45.0 Å². The van der Waals surface area contributed by atoms with Gasteiger partial charge in [-0.05, 0) is 49.6 Å². The number of benzene rings is 2. The third-order valence-electron chi connectivity index (χ3n) is 5.76. The number of amides is 2. The zero-order chi connectivity index (χ0) is 20.2. The second-order valence-corrected chi connectivity index (χ2v) is 10.4. The number of fused-ring (bicyclic) bond motifs is 1. The van der Waals surface area contributed by atoms with Gasteiger partial charge >= 0.3 is 6.03 Å². The highest BCUT2D eigenvalue weighted by molar-refractivity contribution is 7.91. The molecule has 0 aliphatic carbocycles. The predicted molar refractivity (Wildman–Crippen MR) is 112 cm³/mol. The molecule has 0 saturated carbocycles. The molecule has 2 aromatic carbocycles. The molecule has 2 aromatic rings. The summed E-state index contributed by atoms with van der Waals surface area (Å²) in [5, 5.41) is 0.565. The van der Waals surface area contributed by atoms with E-state index in [2.05, 4.69) is 6.07 Å². The van der Waals surface area contributed by atoms with Crippen molar-refractivity contribution in [3.05, 3.63) is 63.7 Å². The number of sulfone groups is 1. The average Bonchev–Trinajstić information content (AvgIpc) is 3.04. The Balaban J connectivity index is 1.74. The molecule has 5 nitrogen and oxygen atoms in total. The largest absolute Gasteiger partial charge is 0.325 e. The van der Waals surface area contributed by atoms with E-state index in [0.717, 1.165) is 22.3 Å². The molecule has 2 saturated heterocycles. The summed E-state index contributed by atoms with van der Waals surface area (Å²) in [6.45, 7) is 6.32. The van der Waals surface area contributed by atoms with Gasteiger partial charge in [0, 0.05) is 17.3 Å². The first-order chi connectivity index (χ1) is 13.2. The van der Waals surface area contributed by atoms with E-state index in [0.29, 0.717) is 17.3 Å². The monoisotopic (exact) mass is 418 g/mol. The van der Waals surface area contributed by atoms with Crippen molar-refractivity contribution in [3.63, 3.8) is 0 Å². The lowest BCUT2D eigenvalue weighted by molar-refractivity contribution is 0.205. The zero-order valence-corrected chi connectivity index (χ0v) is 17.7. The topological polar surface area (TPSA) is 57.7 Å². The van der Waals surface area contributed by atoms with Gasteiger partial charge in [-0.15, -0.1) is 0 Å². The number of urea groups is 1. The number of hydrogen-bond donors (Lipinski definition) is 0. The minimum Gasteiger partial charge on any atom is -0.314 e. The van der Waals surface area contributed by atoms with Gasteiger partial charge < -0.3 is 4.90 Å². The fraction of sp³-hybridized carbons (Fsp3) is 0.381. The Morgan fingerprint density at radius 1 is 1.00 bits per heavy atom. The summed E-state index contributed by atoms with van der Waals surface area (Å²) in [6.07, 6.45) is 0. The fourth-order valence-electron chi connectivity index (χ4n) is 4.15. The fourth-order valence-corrected chi connectivity index (χ4v) is 6.27. The Hall–Kier alpha value is -2.05. The van der Waals surface area contributed by atoms with Gasteiger partial charge in [0.05, 0.1) is 23.6 Å². The maximum atomic E-state index is 13.3. The summed E-state index contributed by atoms with van der Waals surface area (Å²) >= 11 is 6.27. The standard InChI is InChI=1S/C21H23ClN2O3S/c1-13-4-5-14(2)16(8-13)10-23-19-11-28(26,27)12-20(19)24(21(23)25)17-7-6-15(3)18(22)9-17/h4-9,19-20H,10-12H2,1-3H3/t19-,20-/m1/s1. The normalized spacial score (nSPS) is 23.4. The highest BCUT2D eigenvalue weighted by Gasteiger charge is 2.53. The number of rotatable bonds is 3. The summed E-state index contributed by atoms with van der Waals surface area (Å²) in [6, 6.07) is 10.7. The molecule has 28 heavy (non-hydrogen) atoms. The van der Waals surface area contributed by atoms with Gasteiger partial charge in [0.1, 0.15) is 0 Å². The molecule has 2 heterocycles. The van der Waals surface area contributed by atoms with Crippen LogP contribution in [0.4, 0.5) is 10.5 Å². The molecular weight excluding hydrogens is 396 g/mol. The average molecular weight is 419 g/mol. The van der Waals surface area contributed by atoms with Crippen LogP contribution in [-0.4, -0.2) is 42.9 Å². The van der Waals surface area contributed by atoms with Crippen LogP contribution in [-0.2, 0) is 16.4 Å². The molecule has 0 unspecified atom stereocenters. The Morgan fingerprint density at radius 2 is 1.68 bits per heavy atom. The first kappa shape index (κ1) is 19.3. The molecule has 4 rings (SSSR count). The second kappa shape index (κ2) is 6.78. The van der Waals surface area contributed by atoms with Gasteiger partial charge in [0.15, 0.2) is 9.84 Å². The van der Waals surface area contributed by atoms with Crippen molar-refractivity contribution >= 4 is 33.2 Å². The van der Waals surface area contributed by atoms with Crippen molar-refractivity contribution in [2.45, 2.75) is 39.4 Å². The summed E-state index contributed by atoms with van der Waals surface area (Å²) in [7, 11) is -3.20. The van der Waals surface area contributed by atoms with Crippen LogP contribution in [0.25, 0.3) is 0 Å². The van der Waals surface area contributed by atoms with Crippen LogP contribution in [0.5, 0.6) is 0 Å². The highest BCUT2D eigenvalue weighted by atomic mass is 35.5. The lowest BCUT2D eigenvalue weighted by Crippen LogP contribution is -2.37. The predicted octanol–water partition coefficient (Wildman–Crippen LogP) is 3.87. The summed E-state index contributed by atoms with van der Waals surface area (Å²) in [4.78, 5) is 16.7. The molecule has 0 N–H and O–H groups in total. The molecule has 7 heteroatoms. The minimum atomic E-state index is -3.20. The van der Waals surface area contributed by atoms with Crippen LogP contribution < -0.4 is 4.90 Å². The maximum absolute atomic E-state index is 13.3. The number of nitrogens with zero attached hydrogens (tertiary/aromatic N) is 2. The molecule has 2 aliphatic heterocycles. The van der Waals surface area contributed by atoms with E-state index < -0.39 is 9.84 Å². The molecule has 0 spiro atoms. The molecule has 2 aliphatic rings. The number of hydrogen-bond acceptors (Lipinski definition) is 3. The maximum Gasteiger partial charge on any atom is 0.325 e. The van der Waals surface area contributed by atoms with Crippen LogP contribution in [0.15, 0.2) is 36.4 Å². The number of carbonyl (C=O) groups is 1. The molecule has 148 valence electrons. The van der Waals surface area contributed by atoms with Crippen molar-refractivity contribution in [2.75, 3.05) is 16.4 Å². The summed E-state index contributed by atoms with van der Waals surface area (Å²) < 4.78 is 24.8. The van der Waals surface area contributed by atoms with Gasteiger partial charge in [-0.25, -0.2) is 13.2 Å². The van der Waals surface area contributed by atoms with E-state index in [1.54, 1.807) is 15.9 Å². The molecule has 2 fully saturated rings. The quantitative estimate of drug-likeness (QED) is 0.711. The van der Waals surface area contributed by atoms with E-state index in [1.165, 1.54) is 0 Å². The number of aryl methyl sites for hydroxylation is 3. The Labute approximate surface area is 170 Å². The Bertz CT molecular complexity index is 1070. The third-order valence-corrected chi connectivity index (χ3v) is 7.86. The second-order valence-electron chi connectivity index (χ2n) is 7.86. The number of halogens is 1. The third kappa shape index (κ3) is 3.29. The van der Waals surface area contributed by atoms with E-state index in [9.17, 15) is 13.2 Å². The van der Waals surface area contributed by atoms with E-state index in [4.69, 9.17) is 11.6 Å². The van der Waals surface area contributed by atoms with Crippen LogP contribution in [0.3, 0.4) is 0 Å². The van der Waals surface area contributed by atoms with Crippen LogP contribution in [0.2, 0.25) is 5.02 Å². The minimum absolute atomic E-state index is 0.00433. The van der Waals surface area contributed by atoms with E-state index >= 15 is 0 Å².